The fourth-order valence-electron chi connectivity index (χ4n) is 5.04. The molecule has 0 radical (unpaired) electrons. The predicted molar refractivity (Wildman–Crippen MR) is 124 cm³/mol. The fraction of sp³-hybridized carbons (Fsp3) is 0.360. The van der Waals surface area contributed by atoms with E-state index in [-0.39, 0.29) is 18.0 Å². The Morgan fingerprint density at radius 2 is 2.09 bits per heavy atom. The number of ether oxygens (including phenoxy) is 1. The summed E-state index contributed by atoms with van der Waals surface area (Å²) in [5.74, 6) is -0.158. The number of benzene rings is 2. The van der Waals surface area contributed by atoms with Gasteiger partial charge in [-0.2, -0.15) is 0 Å². The Hall–Kier alpha value is -3.59. The van der Waals surface area contributed by atoms with Crippen molar-refractivity contribution in [1.82, 2.24) is 15.4 Å². The van der Waals surface area contributed by atoms with Gasteiger partial charge in [-0.05, 0) is 67.6 Å². The quantitative estimate of drug-likeness (QED) is 0.279. The summed E-state index contributed by atoms with van der Waals surface area (Å²) in [5, 5.41) is 9.60. The lowest BCUT2D eigenvalue weighted by molar-refractivity contribution is -0.129. The van der Waals surface area contributed by atoms with Crippen molar-refractivity contribution in [1.29, 1.82) is 0 Å². The van der Waals surface area contributed by atoms with E-state index in [2.05, 4.69) is 4.98 Å². The lowest BCUT2D eigenvalue weighted by Crippen LogP contribution is -2.51. The average molecular weight is 467 g/mol. The van der Waals surface area contributed by atoms with Crippen LogP contribution in [0.25, 0.3) is 10.9 Å². The lowest BCUT2D eigenvalue weighted by Gasteiger charge is -2.46. The van der Waals surface area contributed by atoms with Gasteiger partial charge in [-0.3, -0.25) is 14.8 Å². The number of carbonyl (C=O) groups excluding carboxylic acids is 2. The summed E-state index contributed by atoms with van der Waals surface area (Å²) < 4.78 is 19.7. The number of aromatic amines is 1. The summed E-state index contributed by atoms with van der Waals surface area (Å²) in [6, 6.07) is 10.3. The first-order valence-electron chi connectivity index (χ1n) is 11.5. The van der Waals surface area contributed by atoms with Gasteiger partial charge in [-0.15, -0.1) is 0 Å². The number of aromatic nitrogens is 1. The highest BCUT2D eigenvalue weighted by Crippen LogP contribution is 2.43. The van der Waals surface area contributed by atoms with E-state index in [4.69, 9.17) is 9.94 Å². The van der Waals surface area contributed by atoms with Crippen molar-refractivity contribution < 1.29 is 23.9 Å². The second-order valence-corrected chi connectivity index (χ2v) is 8.81. The maximum absolute atomic E-state index is 13.8. The first-order chi connectivity index (χ1) is 16.5. The van der Waals surface area contributed by atoms with Crippen LogP contribution in [0.5, 0.6) is 5.75 Å². The maximum atomic E-state index is 13.8. The Bertz CT molecular complexity index is 1260. The summed E-state index contributed by atoms with van der Waals surface area (Å²) in [4.78, 5) is 31.5. The summed E-state index contributed by atoms with van der Waals surface area (Å²) in [7, 11) is 1.93. The Labute approximate surface area is 196 Å². The molecule has 1 atom stereocenters. The van der Waals surface area contributed by atoms with E-state index < -0.39 is 5.82 Å². The standard InChI is InChI=1S/C25H27FN4O4/c1-29-21-9-6-15(26)13-19(21)25(32)30-11-10-17-18-14-16(7-8-20(18)27-23(17)24(29)30)34-12-4-2-3-5-22(31)28-33/h6-9,13-14,24,27,33H,2-5,10-12H2,1H3,(H,28,31). The van der Waals surface area contributed by atoms with Gasteiger partial charge in [0, 0.05) is 30.9 Å². The van der Waals surface area contributed by atoms with Crippen LogP contribution in [-0.2, 0) is 11.2 Å². The number of anilines is 1. The number of fused-ring (bicyclic) bond motifs is 6. The molecule has 2 aliphatic heterocycles. The Morgan fingerprint density at radius 3 is 2.91 bits per heavy atom. The number of carbonyl (C=O) groups is 2. The van der Waals surface area contributed by atoms with E-state index in [0.29, 0.717) is 38.0 Å². The second-order valence-electron chi connectivity index (χ2n) is 8.81. The van der Waals surface area contributed by atoms with Gasteiger partial charge in [0.1, 0.15) is 17.7 Å². The number of nitrogens with one attached hydrogen (secondary N) is 2. The minimum atomic E-state index is -0.412. The number of hydroxylamine groups is 1. The highest BCUT2D eigenvalue weighted by Gasteiger charge is 2.41. The predicted octanol–water partition coefficient (Wildman–Crippen LogP) is 3.90. The van der Waals surface area contributed by atoms with Crippen molar-refractivity contribution in [3.05, 3.63) is 59.0 Å². The topological polar surface area (TPSA) is 97.9 Å². The molecule has 9 heteroatoms. The molecule has 3 N–H and O–H groups in total. The van der Waals surface area contributed by atoms with Crippen LogP contribution in [0.2, 0.25) is 0 Å². The van der Waals surface area contributed by atoms with Crippen LogP contribution in [0, 0.1) is 5.82 Å². The molecule has 0 spiro atoms. The zero-order valence-corrected chi connectivity index (χ0v) is 18.9. The molecule has 0 saturated carbocycles. The molecule has 0 aliphatic carbocycles. The molecule has 1 unspecified atom stereocenters. The second kappa shape index (κ2) is 8.98. The molecule has 2 aliphatic rings. The molecule has 3 aromatic rings. The molecule has 3 heterocycles. The SMILES string of the molecule is CN1c2ccc(F)cc2C(=O)N2CCc3c([nH]c4ccc(OCCCCCC(=O)NO)cc34)C21. The van der Waals surface area contributed by atoms with E-state index in [1.165, 1.54) is 17.7 Å². The van der Waals surface area contributed by atoms with Gasteiger partial charge in [0.2, 0.25) is 5.91 Å². The minimum absolute atomic E-state index is 0.151. The number of hydrogen-bond acceptors (Lipinski definition) is 5. The highest BCUT2D eigenvalue weighted by atomic mass is 19.1. The van der Waals surface area contributed by atoms with Crippen LogP contribution in [0.1, 0.15) is 53.5 Å². The van der Waals surface area contributed by atoms with Crippen molar-refractivity contribution in [2.75, 3.05) is 25.1 Å². The minimum Gasteiger partial charge on any atom is -0.494 e. The largest absolute Gasteiger partial charge is 0.494 e. The van der Waals surface area contributed by atoms with Gasteiger partial charge in [0.15, 0.2) is 0 Å². The van der Waals surface area contributed by atoms with E-state index in [9.17, 15) is 14.0 Å². The molecule has 0 fully saturated rings. The third-order valence-corrected chi connectivity index (χ3v) is 6.71. The van der Waals surface area contributed by atoms with Crippen LogP contribution >= 0.6 is 0 Å². The monoisotopic (exact) mass is 466 g/mol. The number of halogens is 1. The van der Waals surface area contributed by atoms with Crippen LogP contribution in [-0.4, -0.2) is 47.1 Å². The van der Waals surface area contributed by atoms with Crippen molar-refractivity contribution in [2.24, 2.45) is 0 Å². The van der Waals surface area contributed by atoms with Crippen LogP contribution in [0.4, 0.5) is 10.1 Å². The smallest absolute Gasteiger partial charge is 0.258 e. The molecule has 5 rings (SSSR count). The molecular formula is C25H27FN4O4. The Balaban J connectivity index is 1.34. The van der Waals surface area contributed by atoms with Crippen LogP contribution in [0.15, 0.2) is 36.4 Å². The third kappa shape index (κ3) is 3.86. The zero-order valence-electron chi connectivity index (χ0n) is 18.9. The summed E-state index contributed by atoms with van der Waals surface area (Å²) >= 11 is 0. The summed E-state index contributed by atoms with van der Waals surface area (Å²) in [6.07, 6.45) is 3.06. The van der Waals surface area contributed by atoms with Gasteiger partial charge in [0.05, 0.1) is 23.6 Å². The molecule has 2 amide bonds. The maximum Gasteiger partial charge on any atom is 0.258 e. The van der Waals surface area contributed by atoms with Gasteiger partial charge in [-0.25, -0.2) is 9.87 Å². The van der Waals surface area contributed by atoms with E-state index >= 15 is 0 Å². The number of H-pyrrole nitrogens is 1. The van der Waals surface area contributed by atoms with Gasteiger partial charge in [-0.1, -0.05) is 0 Å². The molecule has 178 valence electrons. The average Bonchev–Trinajstić information content (AvgIpc) is 3.22. The van der Waals surface area contributed by atoms with E-state index in [1.807, 2.05) is 30.1 Å². The van der Waals surface area contributed by atoms with E-state index in [1.54, 1.807) is 16.4 Å². The molecule has 1 aromatic heterocycles. The zero-order chi connectivity index (χ0) is 23.8. The van der Waals surface area contributed by atoms with Gasteiger partial charge < -0.3 is 19.5 Å². The van der Waals surface area contributed by atoms with Crippen LogP contribution < -0.4 is 15.1 Å². The third-order valence-electron chi connectivity index (χ3n) is 6.71. The van der Waals surface area contributed by atoms with Crippen molar-refractivity contribution in [3.63, 3.8) is 0 Å². The normalized spacial score (nSPS) is 16.8. The Kier molecular flexibility index (Phi) is 5.87. The fourth-order valence-corrected chi connectivity index (χ4v) is 5.04. The van der Waals surface area contributed by atoms with Gasteiger partial charge >= 0.3 is 0 Å². The molecule has 34 heavy (non-hydrogen) atoms. The summed E-state index contributed by atoms with van der Waals surface area (Å²) in [6.45, 7) is 1.09. The number of rotatable bonds is 7. The molecule has 0 saturated heterocycles. The van der Waals surface area contributed by atoms with Crippen molar-refractivity contribution in [2.45, 2.75) is 38.3 Å². The first kappa shape index (κ1) is 22.2. The number of nitrogens with zero attached hydrogens (tertiary/aromatic N) is 2. The van der Waals surface area contributed by atoms with Crippen molar-refractivity contribution in [3.8, 4) is 5.75 Å². The van der Waals surface area contributed by atoms with E-state index in [0.717, 1.165) is 40.9 Å². The van der Waals surface area contributed by atoms with Crippen molar-refractivity contribution >= 4 is 28.4 Å². The van der Waals surface area contributed by atoms with Crippen LogP contribution in [0.3, 0.4) is 0 Å². The molecular weight excluding hydrogens is 439 g/mol. The number of unbranched alkanes of at least 4 members (excludes halogenated alkanes) is 2. The number of hydrogen-bond donors (Lipinski definition) is 3. The lowest BCUT2D eigenvalue weighted by atomic mass is 9.96. The molecule has 8 nitrogen and oxygen atoms in total. The highest BCUT2D eigenvalue weighted by molar-refractivity contribution is 6.02. The molecule has 2 aromatic carbocycles. The Morgan fingerprint density at radius 1 is 1.24 bits per heavy atom. The molecule has 0 bridgehead atoms. The number of amides is 2. The van der Waals surface area contributed by atoms with Gasteiger partial charge in [0.25, 0.3) is 5.91 Å². The first-order valence-corrected chi connectivity index (χ1v) is 11.5. The summed E-state index contributed by atoms with van der Waals surface area (Å²) in [5.41, 5.74) is 5.89.